The van der Waals surface area contributed by atoms with E-state index in [9.17, 15) is 0 Å². The minimum Gasteiger partial charge on any atom is -0.383 e. The van der Waals surface area contributed by atoms with Crippen LogP contribution in [0.5, 0.6) is 0 Å². The van der Waals surface area contributed by atoms with E-state index in [1.807, 2.05) is 0 Å². The zero-order chi connectivity index (χ0) is 12.5. The first-order chi connectivity index (χ1) is 8.24. The second kappa shape index (κ2) is 8.86. The van der Waals surface area contributed by atoms with Gasteiger partial charge in [-0.05, 0) is 33.2 Å². The van der Waals surface area contributed by atoms with Crippen molar-refractivity contribution >= 4 is 0 Å². The maximum Gasteiger partial charge on any atom is 0.0702 e. The Kier molecular flexibility index (Phi) is 7.77. The molecular formula is C13H28N2O2. The van der Waals surface area contributed by atoms with Crippen molar-refractivity contribution in [2.45, 2.75) is 38.3 Å². The molecule has 0 spiro atoms. The summed E-state index contributed by atoms with van der Waals surface area (Å²) in [4.78, 5) is 2.38. The van der Waals surface area contributed by atoms with Crippen molar-refractivity contribution in [2.75, 3.05) is 47.0 Å². The average Bonchev–Trinajstić information content (AvgIpc) is 2.35. The third-order valence-corrected chi connectivity index (χ3v) is 3.44. The molecule has 0 aromatic carbocycles. The van der Waals surface area contributed by atoms with E-state index in [2.05, 4.69) is 24.2 Å². The van der Waals surface area contributed by atoms with E-state index < -0.39 is 0 Å². The van der Waals surface area contributed by atoms with Crippen LogP contribution in [-0.4, -0.2) is 64.1 Å². The Balaban J connectivity index is 2.10. The molecule has 17 heavy (non-hydrogen) atoms. The van der Waals surface area contributed by atoms with Crippen molar-refractivity contribution in [3.63, 3.8) is 0 Å². The van der Waals surface area contributed by atoms with E-state index in [1.165, 1.54) is 19.3 Å². The molecule has 4 heteroatoms. The molecule has 0 aromatic rings. The first-order valence-corrected chi connectivity index (χ1v) is 6.75. The van der Waals surface area contributed by atoms with E-state index in [1.54, 1.807) is 7.11 Å². The highest BCUT2D eigenvalue weighted by Gasteiger charge is 2.18. The first-order valence-electron chi connectivity index (χ1n) is 6.75. The molecule has 2 unspecified atom stereocenters. The lowest BCUT2D eigenvalue weighted by Gasteiger charge is -2.31. The zero-order valence-electron chi connectivity index (χ0n) is 11.6. The fourth-order valence-electron chi connectivity index (χ4n) is 2.09. The van der Waals surface area contributed by atoms with Gasteiger partial charge in [-0.3, -0.25) is 4.90 Å². The number of nitrogens with one attached hydrogen (secondary N) is 1. The molecule has 2 atom stereocenters. The Morgan fingerprint density at radius 2 is 2.29 bits per heavy atom. The Morgan fingerprint density at radius 1 is 1.47 bits per heavy atom. The quantitative estimate of drug-likeness (QED) is 0.649. The second-order valence-electron chi connectivity index (χ2n) is 4.97. The van der Waals surface area contributed by atoms with Gasteiger partial charge < -0.3 is 14.8 Å². The largest absolute Gasteiger partial charge is 0.383 e. The van der Waals surface area contributed by atoms with Crippen LogP contribution in [0.1, 0.15) is 26.2 Å². The topological polar surface area (TPSA) is 33.7 Å². The van der Waals surface area contributed by atoms with Crippen molar-refractivity contribution in [2.24, 2.45) is 0 Å². The molecule has 4 nitrogen and oxygen atoms in total. The van der Waals surface area contributed by atoms with Gasteiger partial charge in [-0.25, -0.2) is 0 Å². The number of hydrogen-bond acceptors (Lipinski definition) is 4. The summed E-state index contributed by atoms with van der Waals surface area (Å²) in [5.41, 5.74) is 0. The predicted octanol–water partition coefficient (Wildman–Crippen LogP) is 1.11. The summed E-state index contributed by atoms with van der Waals surface area (Å²) >= 11 is 0. The molecule has 1 saturated heterocycles. The summed E-state index contributed by atoms with van der Waals surface area (Å²) in [5.74, 6) is 0. The van der Waals surface area contributed by atoms with Crippen LogP contribution >= 0.6 is 0 Å². The maximum atomic E-state index is 5.76. The van der Waals surface area contributed by atoms with Crippen LogP contribution in [0.3, 0.4) is 0 Å². The van der Waals surface area contributed by atoms with Gasteiger partial charge in [0.05, 0.1) is 12.7 Å². The molecule has 0 aliphatic carbocycles. The highest BCUT2D eigenvalue weighted by atomic mass is 16.5. The lowest BCUT2D eigenvalue weighted by atomic mass is 10.1. The summed E-state index contributed by atoms with van der Waals surface area (Å²) in [6.45, 7) is 6.96. The molecular weight excluding hydrogens is 216 g/mol. The third kappa shape index (κ3) is 6.36. The third-order valence-electron chi connectivity index (χ3n) is 3.44. The van der Waals surface area contributed by atoms with E-state index in [0.29, 0.717) is 12.1 Å². The van der Waals surface area contributed by atoms with Gasteiger partial charge >= 0.3 is 0 Å². The number of ether oxygens (including phenoxy) is 2. The monoisotopic (exact) mass is 244 g/mol. The summed E-state index contributed by atoms with van der Waals surface area (Å²) in [7, 11) is 3.91. The molecule has 102 valence electrons. The molecule has 1 aliphatic heterocycles. The van der Waals surface area contributed by atoms with E-state index >= 15 is 0 Å². The van der Waals surface area contributed by atoms with Gasteiger partial charge in [0.2, 0.25) is 0 Å². The van der Waals surface area contributed by atoms with Crippen LogP contribution in [0.2, 0.25) is 0 Å². The van der Waals surface area contributed by atoms with Crippen LogP contribution in [0, 0.1) is 0 Å². The lowest BCUT2D eigenvalue weighted by molar-refractivity contribution is -0.00694. The molecule has 0 radical (unpaired) electrons. The smallest absolute Gasteiger partial charge is 0.0702 e. The molecule has 0 aromatic heterocycles. The van der Waals surface area contributed by atoms with Crippen LogP contribution in [0.15, 0.2) is 0 Å². The number of rotatable bonds is 8. The average molecular weight is 244 g/mol. The molecule has 0 amide bonds. The van der Waals surface area contributed by atoms with Gasteiger partial charge in [0.25, 0.3) is 0 Å². The van der Waals surface area contributed by atoms with Crippen molar-refractivity contribution in [3.05, 3.63) is 0 Å². The lowest BCUT2D eigenvalue weighted by Crippen LogP contribution is -2.43. The second-order valence-corrected chi connectivity index (χ2v) is 4.97. The fourth-order valence-corrected chi connectivity index (χ4v) is 2.09. The molecule has 1 heterocycles. The highest BCUT2D eigenvalue weighted by Crippen LogP contribution is 2.14. The van der Waals surface area contributed by atoms with Gasteiger partial charge in [0.15, 0.2) is 0 Å². The molecule has 1 N–H and O–H groups in total. The first kappa shape index (κ1) is 14.9. The van der Waals surface area contributed by atoms with Crippen molar-refractivity contribution in [3.8, 4) is 0 Å². The molecule has 0 saturated carbocycles. The summed E-state index contributed by atoms with van der Waals surface area (Å²) < 4.78 is 10.8. The number of nitrogens with zero attached hydrogens (tertiary/aromatic N) is 1. The van der Waals surface area contributed by atoms with Crippen molar-refractivity contribution in [1.29, 1.82) is 0 Å². The van der Waals surface area contributed by atoms with Gasteiger partial charge in [-0.2, -0.15) is 0 Å². The molecule has 1 aliphatic rings. The minimum absolute atomic E-state index is 0.440. The standard InChI is InChI=1S/C13H28N2O2/c1-12(10-14-7-9-16-3)15(2)11-13-6-4-5-8-17-13/h12-14H,4-11H2,1-3H3. The zero-order valence-corrected chi connectivity index (χ0v) is 11.6. The van der Waals surface area contributed by atoms with Crippen molar-refractivity contribution < 1.29 is 9.47 Å². The van der Waals surface area contributed by atoms with Gasteiger partial charge in [-0.15, -0.1) is 0 Å². The van der Waals surface area contributed by atoms with Crippen LogP contribution in [-0.2, 0) is 9.47 Å². The Hall–Kier alpha value is -0.160. The fraction of sp³-hybridized carbons (Fsp3) is 1.00. The van der Waals surface area contributed by atoms with E-state index in [0.717, 1.165) is 32.8 Å². The van der Waals surface area contributed by atoms with Gasteiger partial charge in [-0.1, -0.05) is 0 Å². The minimum atomic E-state index is 0.440. The Morgan fingerprint density at radius 3 is 2.94 bits per heavy atom. The van der Waals surface area contributed by atoms with Gasteiger partial charge in [0.1, 0.15) is 0 Å². The Labute approximate surface area is 106 Å². The van der Waals surface area contributed by atoms with E-state index in [-0.39, 0.29) is 0 Å². The highest BCUT2D eigenvalue weighted by molar-refractivity contribution is 4.72. The SMILES string of the molecule is COCCNCC(C)N(C)CC1CCCCO1. The molecule has 1 rings (SSSR count). The number of hydrogen-bond donors (Lipinski definition) is 1. The number of likely N-dealkylation sites (N-methyl/N-ethyl adjacent to an activating group) is 1. The normalized spacial score (nSPS) is 22.9. The molecule has 1 fully saturated rings. The maximum absolute atomic E-state index is 5.76. The van der Waals surface area contributed by atoms with E-state index in [4.69, 9.17) is 9.47 Å². The van der Waals surface area contributed by atoms with Crippen LogP contribution in [0.4, 0.5) is 0 Å². The molecule has 0 bridgehead atoms. The van der Waals surface area contributed by atoms with Gasteiger partial charge in [0, 0.05) is 39.4 Å². The predicted molar refractivity (Wildman–Crippen MR) is 70.4 cm³/mol. The summed E-state index contributed by atoms with van der Waals surface area (Å²) in [6, 6.07) is 0.539. The van der Waals surface area contributed by atoms with Crippen LogP contribution in [0.25, 0.3) is 0 Å². The summed E-state index contributed by atoms with van der Waals surface area (Å²) in [6.07, 6.45) is 4.21. The Bertz CT molecular complexity index is 184. The summed E-state index contributed by atoms with van der Waals surface area (Å²) in [5, 5.41) is 3.40. The van der Waals surface area contributed by atoms with Crippen LogP contribution < -0.4 is 5.32 Å². The van der Waals surface area contributed by atoms with Crippen molar-refractivity contribution in [1.82, 2.24) is 10.2 Å². The number of methoxy groups -OCH3 is 1.